The summed E-state index contributed by atoms with van der Waals surface area (Å²) in [6.45, 7) is 2.01. The fraction of sp³-hybridized carbons (Fsp3) is 0.533. The molecule has 0 saturated carbocycles. The first-order valence-corrected chi connectivity index (χ1v) is 6.88. The second kappa shape index (κ2) is 7.14. The maximum absolute atomic E-state index is 11.5. The van der Waals surface area contributed by atoms with E-state index in [1.807, 2.05) is 0 Å². The van der Waals surface area contributed by atoms with E-state index < -0.39 is 0 Å². The molecule has 0 aliphatic carbocycles. The Kier molecular flexibility index (Phi) is 5.24. The summed E-state index contributed by atoms with van der Waals surface area (Å²) < 4.78 is 16.0. The first-order valence-electron chi connectivity index (χ1n) is 6.88. The second-order valence-electron chi connectivity index (χ2n) is 4.78. The normalized spacial score (nSPS) is 19.0. The van der Waals surface area contributed by atoms with Gasteiger partial charge in [0.15, 0.2) is 11.5 Å². The van der Waals surface area contributed by atoms with E-state index in [1.165, 1.54) is 7.11 Å². The van der Waals surface area contributed by atoms with E-state index in [2.05, 4.69) is 5.32 Å². The van der Waals surface area contributed by atoms with Crippen LogP contribution in [-0.2, 0) is 4.74 Å². The van der Waals surface area contributed by atoms with Gasteiger partial charge in [0.1, 0.15) is 6.10 Å². The third-order valence-corrected chi connectivity index (χ3v) is 3.40. The highest BCUT2D eigenvalue weighted by Gasteiger charge is 2.17. The zero-order valence-corrected chi connectivity index (χ0v) is 12.0. The van der Waals surface area contributed by atoms with E-state index in [1.54, 1.807) is 25.3 Å². The number of nitrogens with one attached hydrogen (secondary N) is 1. The molecule has 1 saturated heterocycles. The molecule has 1 fully saturated rings. The third kappa shape index (κ3) is 3.63. The van der Waals surface area contributed by atoms with Crippen LogP contribution in [0.5, 0.6) is 11.5 Å². The topological polar surface area (TPSA) is 56.8 Å². The van der Waals surface area contributed by atoms with Crippen molar-refractivity contribution in [3.8, 4) is 11.5 Å². The number of esters is 1. The van der Waals surface area contributed by atoms with Crippen molar-refractivity contribution in [2.24, 2.45) is 0 Å². The third-order valence-electron chi connectivity index (χ3n) is 3.40. The summed E-state index contributed by atoms with van der Waals surface area (Å²) in [5, 5.41) is 3.35. The molecule has 1 aliphatic heterocycles. The van der Waals surface area contributed by atoms with E-state index in [4.69, 9.17) is 14.2 Å². The SMILES string of the molecule is COC(=O)c1ccc(OC2CCCNCC2)c(OC)c1. The maximum Gasteiger partial charge on any atom is 0.337 e. The first kappa shape index (κ1) is 14.7. The minimum absolute atomic E-state index is 0.183. The standard InChI is InChI=1S/C15H21NO4/c1-18-14-10-11(15(17)19-2)5-6-13(14)20-12-4-3-8-16-9-7-12/h5-6,10,12,16H,3-4,7-9H2,1-2H3. The Balaban J connectivity index is 2.12. The minimum Gasteiger partial charge on any atom is -0.493 e. The van der Waals surface area contributed by atoms with Gasteiger partial charge >= 0.3 is 5.97 Å². The lowest BCUT2D eigenvalue weighted by molar-refractivity contribution is 0.0600. The van der Waals surface area contributed by atoms with E-state index in [9.17, 15) is 4.79 Å². The molecule has 1 atom stereocenters. The van der Waals surface area contributed by atoms with Crippen molar-refractivity contribution in [2.75, 3.05) is 27.3 Å². The number of methoxy groups -OCH3 is 2. The molecule has 2 rings (SSSR count). The zero-order chi connectivity index (χ0) is 14.4. The fourth-order valence-electron chi connectivity index (χ4n) is 2.29. The van der Waals surface area contributed by atoms with Gasteiger partial charge in [-0.1, -0.05) is 0 Å². The fourth-order valence-corrected chi connectivity index (χ4v) is 2.29. The molecule has 0 spiro atoms. The Labute approximate surface area is 119 Å². The van der Waals surface area contributed by atoms with Crippen LogP contribution in [0.1, 0.15) is 29.6 Å². The van der Waals surface area contributed by atoms with E-state index in [0.717, 1.165) is 32.4 Å². The summed E-state index contributed by atoms with van der Waals surface area (Å²) in [6, 6.07) is 5.11. The van der Waals surface area contributed by atoms with Crippen LogP contribution in [0.25, 0.3) is 0 Å². The average Bonchev–Trinajstić information content (AvgIpc) is 2.75. The molecule has 0 amide bonds. The zero-order valence-electron chi connectivity index (χ0n) is 12.0. The van der Waals surface area contributed by atoms with Gasteiger partial charge in [-0.3, -0.25) is 0 Å². The number of ether oxygens (including phenoxy) is 3. The summed E-state index contributed by atoms with van der Waals surface area (Å²) in [5.74, 6) is 0.852. The van der Waals surface area contributed by atoms with Crippen LogP contribution in [0.15, 0.2) is 18.2 Å². The van der Waals surface area contributed by atoms with Crippen LogP contribution in [0.2, 0.25) is 0 Å². The monoisotopic (exact) mass is 279 g/mol. The number of benzene rings is 1. The van der Waals surface area contributed by atoms with Gasteiger partial charge in [0.2, 0.25) is 0 Å². The van der Waals surface area contributed by atoms with Gasteiger partial charge in [-0.15, -0.1) is 0 Å². The number of hydrogen-bond acceptors (Lipinski definition) is 5. The van der Waals surface area contributed by atoms with Crippen LogP contribution >= 0.6 is 0 Å². The Morgan fingerprint density at radius 2 is 2.05 bits per heavy atom. The number of carbonyl (C=O) groups is 1. The number of rotatable bonds is 4. The summed E-state index contributed by atoms with van der Waals surface area (Å²) in [5.41, 5.74) is 0.458. The minimum atomic E-state index is -0.381. The van der Waals surface area contributed by atoms with Crippen LogP contribution in [0, 0.1) is 0 Å². The highest BCUT2D eigenvalue weighted by Crippen LogP contribution is 2.30. The lowest BCUT2D eigenvalue weighted by Crippen LogP contribution is -2.19. The van der Waals surface area contributed by atoms with Crippen LogP contribution in [0.3, 0.4) is 0 Å². The summed E-state index contributed by atoms with van der Waals surface area (Å²) in [6.07, 6.45) is 3.28. The molecule has 0 aromatic heterocycles. The molecule has 1 aromatic rings. The van der Waals surface area contributed by atoms with E-state index >= 15 is 0 Å². The molecule has 1 N–H and O–H groups in total. The lowest BCUT2D eigenvalue weighted by Gasteiger charge is -2.19. The molecule has 1 aliphatic rings. The Hall–Kier alpha value is -1.75. The molecule has 20 heavy (non-hydrogen) atoms. The first-order chi connectivity index (χ1) is 9.74. The van der Waals surface area contributed by atoms with Crippen molar-refractivity contribution in [1.82, 2.24) is 5.32 Å². The predicted octanol–water partition coefficient (Wildman–Crippen LogP) is 2.00. The van der Waals surface area contributed by atoms with Crippen molar-refractivity contribution in [3.05, 3.63) is 23.8 Å². The van der Waals surface area contributed by atoms with Gasteiger partial charge < -0.3 is 19.5 Å². The molecule has 1 unspecified atom stereocenters. The molecular weight excluding hydrogens is 258 g/mol. The molecule has 0 radical (unpaired) electrons. The lowest BCUT2D eigenvalue weighted by atomic mass is 10.1. The highest BCUT2D eigenvalue weighted by molar-refractivity contribution is 5.90. The van der Waals surface area contributed by atoms with Gasteiger partial charge in [0.05, 0.1) is 19.8 Å². The predicted molar refractivity (Wildman–Crippen MR) is 75.5 cm³/mol. The molecule has 1 heterocycles. The Bertz CT molecular complexity index is 453. The van der Waals surface area contributed by atoms with Gasteiger partial charge in [-0.2, -0.15) is 0 Å². The smallest absolute Gasteiger partial charge is 0.337 e. The van der Waals surface area contributed by atoms with Crippen LogP contribution < -0.4 is 14.8 Å². The van der Waals surface area contributed by atoms with Crippen LogP contribution in [-0.4, -0.2) is 39.4 Å². The van der Waals surface area contributed by atoms with E-state index in [0.29, 0.717) is 17.1 Å². The quantitative estimate of drug-likeness (QED) is 0.854. The Morgan fingerprint density at radius 1 is 1.20 bits per heavy atom. The van der Waals surface area contributed by atoms with Gasteiger partial charge in [0, 0.05) is 0 Å². The van der Waals surface area contributed by atoms with Crippen molar-refractivity contribution < 1.29 is 19.0 Å². The van der Waals surface area contributed by atoms with Crippen molar-refractivity contribution in [1.29, 1.82) is 0 Å². The number of carbonyl (C=O) groups excluding carboxylic acids is 1. The molecular formula is C15H21NO4. The van der Waals surface area contributed by atoms with Gasteiger partial charge in [-0.25, -0.2) is 4.79 Å². The Morgan fingerprint density at radius 3 is 2.80 bits per heavy atom. The van der Waals surface area contributed by atoms with Crippen molar-refractivity contribution >= 4 is 5.97 Å². The molecule has 1 aromatic carbocycles. The van der Waals surface area contributed by atoms with Gasteiger partial charge in [0.25, 0.3) is 0 Å². The summed E-state index contributed by atoms with van der Waals surface area (Å²) in [4.78, 5) is 11.5. The van der Waals surface area contributed by atoms with E-state index in [-0.39, 0.29) is 12.1 Å². The van der Waals surface area contributed by atoms with Crippen LogP contribution in [0.4, 0.5) is 0 Å². The number of hydrogen-bond donors (Lipinski definition) is 1. The second-order valence-corrected chi connectivity index (χ2v) is 4.78. The van der Waals surface area contributed by atoms with Crippen molar-refractivity contribution in [2.45, 2.75) is 25.4 Å². The van der Waals surface area contributed by atoms with Gasteiger partial charge in [-0.05, 0) is 50.6 Å². The summed E-state index contributed by atoms with van der Waals surface area (Å²) >= 11 is 0. The highest BCUT2D eigenvalue weighted by atomic mass is 16.5. The molecule has 0 bridgehead atoms. The molecule has 5 heteroatoms. The average molecular weight is 279 g/mol. The molecule has 5 nitrogen and oxygen atoms in total. The molecule has 110 valence electrons. The largest absolute Gasteiger partial charge is 0.493 e. The summed E-state index contributed by atoms with van der Waals surface area (Å²) in [7, 11) is 2.93. The van der Waals surface area contributed by atoms with Crippen molar-refractivity contribution in [3.63, 3.8) is 0 Å². The maximum atomic E-state index is 11.5.